The van der Waals surface area contributed by atoms with Gasteiger partial charge >= 0.3 is 0 Å². The van der Waals surface area contributed by atoms with Gasteiger partial charge in [0.15, 0.2) is 5.78 Å². The second kappa shape index (κ2) is 6.61. The Kier molecular flexibility index (Phi) is 5.43. The van der Waals surface area contributed by atoms with E-state index in [1.807, 2.05) is 0 Å². The van der Waals surface area contributed by atoms with Gasteiger partial charge in [-0.05, 0) is 25.4 Å². The van der Waals surface area contributed by atoms with E-state index in [9.17, 15) is 13.6 Å². The molecule has 4 nitrogen and oxygen atoms in total. The number of nitrogens with one attached hydrogen (secondary N) is 1. The number of aryl methyl sites for hydroxylation is 1. The summed E-state index contributed by atoms with van der Waals surface area (Å²) in [6, 6.07) is 0. The summed E-state index contributed by atoms with van der Waals surface area (Å²) < 4.78 is 32.3. The topological polar surface area (TPSA) is 51.2 Å². The number of carbonyl (C=O) groups is 1. The quantitative estimate of drug-likeness (QED) is 0.606. The fraction of sp³-hybridized carbons (Fsp3) is 0.600. The standard InChI is InChI=1S/C10H14F2N2O2S/c1-6-9(7(2)15)10(17-14-6)13-3-4-16-5-8(11)12/h8,13H,3-5H2,1-2H3. The molecule has 0 amide bonds. The number of Topliss-reactive ketones (excluding diaryl/α,β-unsaturated/α-hetero) is 1. The van der Waals surface area contributed by atoms with Crippen LogP contribution in [0.25, 0.3) is 0 Å². The molecule has 0 aromatic carbocycles. The minimum Gasteiger partial charge on any atom is -0.374 e. The van der Waals surface area contributed by atoms with E-state index in [1.54, 1.807) is 6.92 Å². The Hall–Kier alpha value is -1.08. The molecule has 1 heterocycles. The summed E-state index contributed by atoms with van der Waals surface area (Å²) in [4.78, 5) is 11.3. The van der Waals surface area contributed by atoms with Gasteiger partial charge in [0.1, 0.15) is 11.6 Å². The number of nitrogens with zero attached hydrogens (tertiary/aromatic N) is 1. The van der Waals surface area contributed by atoms with Crippen LogP contribution in [0.5, 0.6) is 0 Å². The fourth-order valence-electron chi connectivity index (χ4n) is 1.31. The summed E-state index contributed by atoms with van der Waals surface area (Å²) in [7, 11) is 0. The maximum Gasteiger partial charge on any atom is 0.261 e. The van der Waals surface area contributed by atoms with E-state index in [1.165, 1.54) is 18.5 Å². The maximum absolute atomic E-state index is 11.8. The number of hydrogen-bond acceptors (Lipinski definition) is 5. The summed E-state index contributed by atoms with van der Waals surface area (Å²) in [5.41, 5.74) is 1.24. The molecule has 7 heteroatoms. The molecule has 1 aromatic rings. The van der Waals surface area contributed by atoms with Crippen molar-refractivity contribution in [1.29, 1.82) is 0 Å². The number of anilines is 1. The summed E-state index contributed by atoms with van der Waals surface area (Å²) in [6.45, 7) is 3.19. The number of ether oxygens (including phenoxy) is 1. The van der Waals surface area contributed by atoms with Crippen molar-refractivity contribution in [1.82, 2.24) is 4.37 Å². The molecule has 0 fully saturated rings. The zero-order valence-corrected chi connectivity index (χ0v) is 10.4. The van der Waals surface area contributed by atoms with Gasteiger partial charge in [0.2, 0.25) is 0 Å². The normalized spacial score (nSPS) is 10.9. The number of rotatable bonds is 7. The Bertz CT molecular complexity index is 382. The van der Waals surface area contributed by atoms with E-state index in [-0.39, 0.29) is 12.4 Å². The fourth-order valence-corrected chi connectivity index (χ4v) is 2.18. The van der Waals surface area contributed by atoms with Gasteiger partial charge in [-0.25, -0.2) is 8.78 Å². The van der Waals surface area contributed by atoms with E-state index >= 15 is 0 Å². The molecule has 0 radical (unpaired) electrons. The zero-order valence-electron chi connectivity index (χ0n) is 9.63. The van der Waals surface area contributed by atoms with E-state index in [0.717, 1.165) is 0 Å². The van der Waals surface area contributed by atoms with Crippen LogP contribution in [0.3, 0.4) is 0 Å². The second-order valence-electron chi connectivity index (χ2n) is 3.42. The number of ketones is 1. The van der Waals surface area contributed by atoms with Gasteiger partial charge < -0.3 is 10.1 Å². The highest BCUT2D eigenvalue weighted by molar-refractivity contribution is 7.10. The average Bonchev–Trinajstić information content (AvgIpc) is 2.59. The van der Waals surface area contributed by atoms with Crippen molar-refractivity contribution in [3.63, 3.8) is 0 Å². The van der Waals surface area contributed by atoms with Crippen molar-refractivity contribution >= 4 is 22.3 Å². The predicted molar refractivity (Wildman–Crippen MR) is 62.2 cm³/mol. The minimum atomic E-state index is -2.45. The number of halogens is 2. The highest BCUT2D eigenvalue weighted by Crippen LogP contribution is 2.24. The minimum absolute atomic E-state index is 0.0627. The molecule has 0 atom stereocenters. The molecule has 1 N–H and O–H groups in total. The third-order valence-corrected chi connectivity index (χ3v) is 2.89. The van der Waals surface area contributed by atoms with Gasteiger partial charge in [-0.1, -0.05) is 0 Å². The lowest BCUT2D eigenvalue weighted by Crippen LogP contribution is -2.13. The number of alkyl halides is 2. The molecular formula is C10H14F2N2O2S. The molecule has 0 aliphatic carbocycles. The molecule has 0 unspecified atom stereocenters. The molecular weight excluding hydrogens is 250 g/mol. The number of hydrogen-bond donors (Lipinski definition) is 1. The predicted octanol–water partition coefficient (Wildman–Crippen LogP) is 2.35. The van der Waals surface area contributed by atoms with Crippen LogP contribution in [0.15, 0.2) is 0 Å². The van der Waals surface area contributed by atoms with E-state index in [2.05, 4.69) is 9.69 Å². The maximum atomic E-state index is 11.8. The third kappa shape index (κ3) is 4.35. The highest BCUT2D eigenvalue weighted by Gasteiger charge is 2.14. The molecule has 0 bridgehead atoms. The first kappa shape index (κ1) is 14.0. The summed E-state index contributed by atoms with van der Waals surface area (Å²) in [5, 5.41) is 3.62. The lowest BCUT2D eigenvalue weighted by Gasteiger charge is -2.06. The first-order chi connectivity index (χ1) is 8.02. The smallest absolute Gasteiger partial charge is 0.261 e. The molecule has 1 aromatic heterocycles. The van der Waals surface area contributed by atoms with Crippen molar-refractivity contribution in [2.45, 2.75) is 20.3 Å². The van der Waals surface area contributed by atoms with Gasteiger partial charge in [-0.3, -0.25) is 4.79 Å². The van der Waals surface area contributed by atoms with E-state index < -0.39 is 13.0 Å². The number of aromatic nitrogens is 1. The first-order valence-electron chi connectivity index (χ1n) is 5.09. The SMILES string of the molecule is CC(=O)c1c(C)nsc1NCCOCC(F)F. The molecule has 96 valence electrons. The third-order valence-electron chi connectivity index (χ3n) is 1.99. The van der Waals surface area contributed by atoms with Gasteiger partial charge in [-0.2, -0.15) is 4.37 Å². The molecule has 0 saturated heterocycles. The van der Waals surface area contributed by atoms with Crippen molar-refractivity contribution in [2.75, 3.05) is 25.1 Å². The van der Waals surface area contributed by atoms with Crippen LogP contribution < -0.4 is 5.32 Å². The lowest BCUT2D eigenvalue weighted by molar-refractivity contribution is 0.0215. The van der Waals surface area contributed by atoms with Crippen molar-refractivity contribution in [2.24, 2.45) is 0 Å². The van der Waals surface area contributed by atoms with Gasteiger partial charge in [0, 0.05) is 6.54 Å². The van der Waals surface area contributed by atoms with Crippen molar-refractivity contribution in [3.8, 4) is 0 Å². The molecule has 0 saturated carbocycles. The molecule has 1 rings (SSSR count). The average molecular weight is 264 g/mol. The van der Waals surface area contributed by atoms with E-state index in [4.69, 9.17) is 4.74 Å². The zero-order chi connectivity index (χ0) is 12.8. The molecule has 0 aliphatic rings. The van der Waals surface area contributed by atoms with Crippen LogP contribution in [0.1, 0.15) is 23.0 Å². The van der Waals surface area contributed by atoms with Gasteiger partial charge in [-0.15, -0.1) is 0 Å². The Balaban J connectivity index is 2.39. The Morgan fingerprint density at radius 2 is 2.29 bits per heavy atom. The van der Waals surface area contributed by atoms with Crippen LogP contribution in [-0.2, 0) is 4.74 Å². The summed E-state index contributed by atoms with van der Waals surface area (Å²) in [6.07, 6.45) is -2.45. The Morgan fingerprint density at radius 1 is 1.59 bits per heavy atom. The first-order valence-corrected chi connectivity index (χ1v) is 5.86. The largest absolute Gasteiger partial charge is 0.374 e. The van der Waals surface area contributed by atoms with Crippen molar-refractivity contribution in [3.05, 3.63) is 11.3 Å². The van der Waals surface area contributed by atoms with Crippen LogP contribution in [0, 0.1) is 6.92 Å². The number of carbonyl (C=O) groups excluding carboxylic acids is 1. The molecule has 0 aliphatic heterocycles. The molecule has 0 spiro atoms. The lowest BCUT2D eigenvalue weighted by atomic mass is 10.2. The van der Waals surface area contributed by atoms with Crippen molar-refractivity contribution < 1.29 is 18.3 Å². The second-order valence-corrected chi connectivity index (χ2v) is 4.19. The Labute approximate surface area is 102 Å². The Morgan fingerprint density at radius 3 is 2.88 bits per heavy atom. The highest BCUT2D eigenvalue weighted by atomic mass is 32.1. The van der Waals surface area contributed by atoms with Crippen LogP contribution in [0.4, 0.5) is 13.8 Å². The van der Waals surface area contributed by atoms with Crippen LogP contribution in [0.2, 0.25) is 0 Å². The summed E-state index contributed by atoms with van der Waals surface area (Å²) in [5.74, 6) is -0.0627. The monoisotopic (exact) mass is 264 g/mol. The van der Waals surface area contributed by atoms with Gasteiger partial charge in [0.05, 0.1) is 17.9 Å². The van der Waals surface area contributed by atoms with Crippen LogP contribution >= 0.6 is 11.5 Å². The van der Waals surface area contributed by atoms with Gasteiger partial charge in [0.25, 0.3) is 6.43 Å². The van der Waals surface area contributed by atoms with E-state index in [0.29, 0.717) is 22.8 Å². The van der Waals surface area contributed by atoms with Crippen LogP contribution in [-0.4, -0.2) is 36.3 Å². The summed E-state index contributed by atoms with van der Waals surface area (Å²) >= 11 is 1.18. The molecule has 17 heavy (non-hydrogen) atoms.